The van der Waals surface area contributed by atoms with Gasteiger partial charge in [-0.05, 0) is 36.2 Å². The minimum atomic E-state index is 0.788. The summed E-state index contributed by atoms with van der Waals surface area (Å²) in [7, 11) is 0. The second-order valence-electron chi connectivity index (χ2n) is 6.46. The number of aryl methyl sites for hydroxylation is 1. The molecule has 0 spiro atoms. The van der Waals surface area contributed by atoms with E-state index in [0.29, 0.717) is 0 Å². The Labute approximate surface area is 156 Å². The smallest absolute Gasteiger partial charge is 0.159 e. The Morgan fingerprint density at radius 2 is 2.00 bits per heavy atom. The lowest BCUT2D eigenvalue weighted by atomic mass is 10.1. The monoisotopic (exact) mass is 394 g/mol. The standard InChI is InChI=1S/C20H19BrN4/c1-14-2-3-16(18(21)10-14)12-25-9-6-19-17(13-25)11-23-20(24-19)15-4-7-22-8-5-15/h2-5,7-8,10-11H,6,9,12-13H2,1H3. The second-order valence-corrected chi connectivity index (χ2v) is 7.31. The predicted octanol–water partition coefficient (Wildman–Crippen LogP) is 4.17. The first-order valence-electron chi connectivity index (χ1n) is 8.41. The van der Waals surface area contributed by atoms with Crippen molar-refractivity contribution in [1.29, 1.82) is 0 Å². The molecule has 25 heavy (non-hydrogen) atoms. The summed E-state index contributed by atoms with van der Waals surface area (Å²) in [5.41, 5.74) is 6.01. The van der Waals surface area contributed by atoms with Crippen molar-refractivity contribution in [2.75, 3.05) is 6.54 Å². The number of rotatable bonds is 3. The second kappa shape index (κ2) is 7.02. The molecule has 0 saturated carbocycles. The molecule has 5 heteroatoms. The van der Waals surface area contributed by atoms with Gasteiger partial charge < -0.3 is 0 Å². The van der Waals surface area contributed by atoms with Crippen molar-refractivity contribution < 1.29 is 0 Å². The number of hydrogen-bond acceptors (Lipinski definition) is 4. The molecule has 1 aliphatic heterocycles. The fourth-order valence-corrected chi connectivity index (χ4v) is 3.79. The molecule has 0 N–H and O–H groups in total. The van der Waals surface area contributed by atoms with E-state index in [1.165, 1.54) is 26.9 Å². The van der Waals surface area contributed by atoms with Crippen molar-refractivity contribution in [3.63, 3.8) is 0 Å². The van der Waals surface area contributed by atoms with E-state index >= 15 is 0 Å². The molecule has 0 atom stereocenters. The third kappa shape index (κ3) is 3.62. The molecule has 1 aromatic carbocycles. The van der Waals surface area contributed by atoms with Gasteiger partial charge in [-0.1, -0.05) is 28.1 Å². The molecule has 0 bridgehead atoms. The van der Waals surface area contributed by atoms with Crippen molar-refractivity contribution >= 4 is 15.9 Å². The first-order chi connectivity index (χ1) is 12.2. The van der Waals surface area contributed by atoms with Gasteiger partial charge in [0.2, 0.25) is 0 Å². The molecule has 0 saturated heterocycles. The molecule has 4 rings (SSSR count). The molecule has 0 fully saturated rings. The third-order valence-corrected chi connectivity index (χ3v) is 5.29. The van der Waals surface area contributed by atoms with E-state index in [2.05, 4.69) is 55.9 Å². The molecule has 1 aliphatic rings. The van der Waals surface area contributed by atoms with Crippen LogP contribution in [0.5, 0.6) is 0 Å². The van der Waals surface area contributed by atoms with Gasteiger partial charge >= 0.3 is 0 Å². The zero-order valence-corrected chi connectivity index (χ0v) is 15.7. The average molecular weight is 395 g/mol. The van der Waals surface area contributed by atoms with Crippen molar-refractivity contribution in [1.82, 2.24) is 19.9 Å². The summed E-state index contributed by atoms with van der Waals surface area (Å²) >= 11 is 3.68. The van der Waals surface area contributed by atoms with Crippen LogP contribution in [0.3, 0.4) is 0 Å². The average Bonchev–Trinajstić information content (AvgIpc) is 2.64. The lowest BCUT2D eigenvalue weighted by Crippen LogP contribution is -2.31. The number of aromatic nitrogens is 3. The minimum Gasteiger partial charge on any atom is -0.294 e. The first kappa shape index (κ1) is 16.4. The quantitative estimate of drug-likeness (QED) is 0.668. The Hall–Kier alpha value is -2.11. The van der Waals surface area contributed by atoms with Crippen LogP contribution < -0.4 is 0 Å². The number of benzene rings is 1. The zero-order valence-electron chi connectivity index (χ0n) is 14.1. The maximum atomic E-state index is 4.78. The van der Waals surface area contributed by atoms with Gasteiger partial charge in [0, 0.05) is 60.2 Å². The highest BCUT2D eigenvalue weighted by Gasteiger charge is 2.19. The number of nitrogens with zero attached hydrogens (tertiary/aromatic N) is 4. The lowest BCUT2D eigenvalue weighted by molar-refractivity contribution is 0.242. The summed E-state index contributed by atoms with van der Waals surface area (Å²) in [5, 5.41) is 0. The summed E-state index contributed by atoms with van der Waals surface area (Å²) in [6.45, 7) is 4.96. The van der Waals surface area contributed by atoms with Crippen molar-refractivity contribution in [3.8, 4) is 11.4 Å². The summed E-state index contributed by atoms with van der Waals surface area (Å²) in [5.74, 6) is 0.788. The van der Waals surface area contributed by atoms with Crippen LogP contribution in [0.1, 0.15) is 22.4 Å². The predicted molar refractivity (Wildman–Crippen MR) is 102 cm³/mol. The Bertz CT molecular complexity index is 895. The number of halogens is 1. The number of pyridine rings is 1. The van der Waals surface area contributed by atoms with E-state index in [4.69, 9.17) is 4.98 Å². The molecular weight excluding hydrogens is 376 g/mol. The molecule has 0 unspecified atom stereocenters. The van der Waals surface area contributed by atoms with Crippen LogP contribution in [-0.4, -0.2) is 26.4 Å². The zero-order chi connectivity index (χ0) is 17.2. The summed E-state index contributed by atoms with van der Waals surface area (Å²) < 4.78 is 1.18. The van der Waals surface area contributed by atoms with Gasteiger partial charge in [-0.3, -0.25) is 9.88 Å². The van der Waals surface area contributed by atoms with Gasteiger partial charge in [-0.2, -0.15) is 0 Å². The fourth-order valence-electron chi connectivity index (χ4n) is 3.17. The molecule has 3 heterocycles. The van der Waals surface area contributed by atoms with Gasteiger partial charge in [0.25, 0.3) is 0 Å². The number of fused-ring (bicyclic) bond motifs is 1. The fraction of sp³-hybridized carbons (Fsp3) is 0.250. The van der Waals surface area contributed by atoms with Crippen LogP contribution in [0.2, 0.25) is 0 Å². The van der Waals surface area contributed by atoms with E-state index in [1.54, 1.807) is 12.4 Å². The van der Waals surface area contributed by atoms with Crippen LogP contribution in [0, 0.1) is 6.92 Å². The molecule has 0 radical (unpaired) electrons. The first-order valence-corrected chi connectivity index (χ1v) is 9.21. The van der Waals surface area contributed by atoms with Crippen LogP contribution in [0.4, 0.5) is 0 Å². The molecule has 2 aromatic heterocycles. The van der Waals surface area contributed by atoms with Crippen molar-refractivity contribution in [2.45, 2.75) is 26.4 Å². The largest absolute Gasteiger partial charge is 0.294 e. The third-order valence-electron chi connectivity index (χ3n) is 4.55. The highest BCUT2D eigenvalue weighted by Crippen LogP contribution is 2.24. The van der Waals surface area contributed by atoms with Gasteiger partial charge in [0.15, 0.2) is 5.82 Å². The Morgan fingerprint density at radius 3 is 2.80 bits per heavy atom. The topological polar surface area (TPSA) is 41.9 Å². The van der Waals surface area contributed by atoms with Gasteiger partial charge in [-0.15, -0.1) is 0 Å². The molecule has 0 amide bonds. The van der Waals surface area contributed by atoms with E-state index in [9.17, 15) is 0 Å². The highest BCUT2D eigenvalue weighted by molar-refractivity contribution is 9.10. The van der Waals surface area contributed by atoms with Gasteiger partial charge in [0.1, 0.15) is 0 Å². The van der Waals surface area contributed by atoms with Crippen molar-refractivity contribution in [2.24, 2.45) is 0 Å². The van der Waals surface area contributed by atoms with Crippen LogP contribution in [0.25, 0.3) is 11.4 Å². The van der Waals surface area contributed by atoms with Crippen LogP contribution in [-0.2, 0) is 19.5 Å². The minimum absolute atomic E-state index is 0.788. The molecule has 3 aromatic rings. The maximum Gasteiger partial charge on any atom is 0.159 e. The van der Waals surface area contributed by atoms with E-state index in [0.717, 1.165) is 37.4 Å². The Morgan fingerprint density at radius 1 is 1.16 bits per heavy atom. The molecule has 126 valence electrons. The SMILES string of the molecule is Cc1ccc(CN2CCc3nc(-c4ccncc4)ncc3C2)c(Br)c1. The van der Waals surface area contributed by atoms with Gasteiger partial charge in [0.05, 0.1) is 5.69 Å². The van der Waals surface area contributed by atoms with E-state index < -0.39 is 0 Å². The number of hydrogen-bond donors (Lipinski definition) is 0. The van der Waals surface area contributed by atoms with Crippen molar-refractivity contribution in [3.05, 3.63) is 75.8 Å². The molecule has 4 nitrogen and oxygen atoms in total. The Kier molecular flexibility index (Phi) is 4.59. The molecular formula is C20H19BrN4. The lowest BCUT2D eigenvalue weighted by Gasteiger charge is -2.28. The Balaban J connectivity index is 1.52. The summed E-state index contributed by atoms with van der Waals surface area (Å²) in [4.78, 5) is 15.8. The normalized spacial score (nSPS) is 14.3. The maximum absolute atomic E-state index is 4.78. The van der Waals surface area contributed by atoms with E-state index in [-0.39, 0.29) is 0 Å². The van der Waals surface area contributed by atoms with Crippen LogP contribution in [0.15, 0.2) is 53.4 Å². The van der Waals surface area contributed by atoms with Gasteiger partial charge in [-0.25, -0.2) is 9.97 Å². The van der Waals surface area contributed by atoms with Crippen LogP contribution >= 0.6 is 15.9 Å². The van der Waals surface area contributed by atoms with E-state index in [1.807, 2.05) is 18.3 Å². The summed E-state index contributed by atoms with van der Waals surface area (Å²) in [6.07, 6.45) is 6.49. The summed E-state index contributed by atoms with van der Waals surface area (Å²) in [6, 6.07) is 10.5. The highest BCUT2D eigenvalue weighted by atomic mass is 79.9. The molecule has 0 aliphatic carbocycles.